The predicted molar refractivity (Wildman–Crippen MR) is 78.2 cm³/mol. The van der Waals surface area contributed by atoms with Crippen LogP contribution in [0.15, 0.2) is 30.7 Å². The molecule has 0 saturated heterocycles. The van der Waals surface area contributed by atoms with E-state index in [0.717, 1.165) is 12.1 Å². The Bertz CT molecular complexity index is 564. The Kier molecular flexibility index (Phi) is 4.63. The van der Waals surface area contributed by atoms with Crippen molar-refractivity contribution >= 4 is 0 Å². The van der Waals surface area contributed by atoms with Crippen molar-refractivity contribution in [1.29, 1.82) is 0 Å². The van der Waals surface area contributed by atoms with Crippen LogP contribution in [0.4, 0.5) is 0 Å². The Morgan fingerprint density at radius 3 is 2.75 bits per heavy atom. The van der Waals surface area contributed by atoms with Gasteiger partial charge in [0.1, 0.15) is 5.69 Å². The van der Waals surface area contributed by atoms with Crippen LogP contribution in [0.1, 0.15) is 18.2 Å². The molecule has 0 radical (unpaired) electrons. The summed E-state index contributed by atoms with van der Waals surface area (Å²) >= 11 is 0. The van der Waals surface area contributed by atoms with Gasteiger partial charge in [-0.1, -0.05) is 0 Å². The lowest BCUT2D eigenvalue weighted by molar-refractivity contribution is 0.348. The van der Waals surface area contributed by atoms with Crippen molar-refractivity contribution < 1.29 is 9.47 Å². The molecule has 0 aliphatic heterocycles. The van der Waals surface area contributed by atoms with Crippen molar-refractivity contribution in [2.75, 3.05) is 14.2 Å². The maximum absolute atomic E-state index is 5.81. The summed E-state index contributed by atoms with van der Waals surface area (Å²) in [5.41, 5.74) is 7.88. The van der Waals surface area contributed by atoms with Gasteiger partial charge in [0.25, 0.3) is 0 Å². The molecule has 0 spiro atoms. The molecule has 20 heavy (non-hydrogen) atoms. The summed E-state index contributed by atoms with van der Waals surface area (Å²) in [4.78, 5) is 4.37. The molecule has 0 aromatic carbocycles. The summed E-state index contributed by atoms with van der Waals surface area (Å²) in [5, 5.41) is 0. The van der Waals surface area contributed by atoms with E-state index in [1.807, 2.05) is 13.1 Å². The summed E-state index contributed by atoms with van der Waals surface area (Å²) in [6, 6.07) is 4.03. The molecule has 1 unspecified atom stereocenters. The lowest BCUT2D eigenvalue weighted by atomic mass is 10.1. The molecule has 0 amide bonds. The van der Waals surface area contributed by atoms with Crippen molar-refractivity contribution in [2.24, 2.45) is 5.73 Å². The van der Waals surface area contributed by atoms with E-state index >= 15 is 0 Å². The fourth-order valence-electron chi connectivity index (χ4n) is 2.22. The van der Waals surface area contributed by atoms with Gasteiger partial charge < -0.3 is 19.8 Å². The highest BCUT2D eigenvalue weighted by atomic mass is 16.5. The molecule has 0 bridgehead atoms. The van der Waals surface area contributed by atoms with Gasteiger partial charge in [-0.2, -0.15) is 0 Å². The average molecular weight is 275 g/mol. The second-order valence-electron chi connectivity index (χ2n) is 4.87. The van der Waals surface area contributed by atoms with Crippen molar-refractivity contribution in [1.82, 2.24) is 9.55 Å². The number of nitrogens with two attached hydrogens (primary N) is 1. The topological polar surface area (TPSA) is 62.3 Å². The smallest absolute Gasteiger partial charge is 0.184 e. The Labute approximate surface area is 119 Å². The molecular weight excluding hydrogens is 254 g/mol. The van der Waals surface area contributed by atoms with E-state index < -0.39 is 0 Å². The molecule has 0 saturated carbocycles. The zero-order valence-electron chi connectivity index (χ0n) is 12.2. The van der Waals surface area contributed by atoms with Crippen LogP contribution in [0.2, 0.25) is 0 Å². The van der Waals surface area contributed by atoms with E-state index in [1.165, 1.54) is 5.56 Å². The predicted octanol–water partition coefficient (Wildman–Crippen LogP) is 1.84. The van der Waals surface area contributed by atoms with E-state index in [1.54, 1.807) is 26.5 Å². The zero-order valence-corrected chi connectivity index (χ0v) is 12.2. The minimum absolute atomic E-state index is 0.162. The van der Waals surface area contributed by atoms with Crippen LogP contribution < -0.4 is 15.2 Å². The summed E-state index contributed by atoms with van der Waals surface area (Å²) in [6.45, 7) is 2.64. The van der Waals surface area contributed by atoms with Gasteiger partial charge in [0.15, 0.2) is 11.5 Å². The first-order valence-electron chi connectivity index (χ1n) is 6.60. The maximum atomic E-state index is 5.81. The number of pyridine rings is 1. The number of hydrogen-bond acceptors (Lipinski definition) is 4. The third-order valence-electron chi connectivity index (χ3n) is 3.07. The number of methoxy groups -OCH3 is 2. The molecule has 1 atom stereocenters. The SMILES string of the molecule is COc1ccnc(Cn2ccc(CC(C)N)c2)c1OC. The van der Waals surface area contributed by atoms with E-state index in [-0.39, 0.29) is 6.04 Å². The number of ether oxygens (including phenoxy) is 2. The van der Waals surface area contributed by atoms with Gasteiger partial charge in [0, 0.05) is 30.7 Å². The van der Waals surface area contributed by atoms with Crippen LogP contribution in [0.5, 0.6) is 11.5 Å². The minimum Gasteiger partial charge on any atom is -0.493 e. The number of rotatable bonds is 6. The minimum atomic E-state index is 0.162. The highest BCUT2D eigenvalue weighted by Gasteiger charge is 2.11. The van der Waals surface area contributed by atoms with Gasteiger partial charge in [-0.3, -0.25) is 4.98 Å². The van der Waals surface area contributed by atoms with Crippen LogP contribution in [0, 0.1) is 0 Å². The molecule has 5 nitrogen and oxygen atoms in total. The Hall–Kier alpha value is -2.01. The largest absolute Gasteiger partial charge is 0.493 e. The summed E-state index contributed by atoms with van der Waals surface area (Å²) in [6.07, 6.45) is 6.71. The van der Waals surface area contributed by atoms with Crippen LogP contribution in [0.3, 0.4) is 0 Å². The average Bonchev–Trinajstić information content (AvgIpc) is 2.84. The molecule has 0 aliphatic carbocycles. The van der Waals surface area contributed by atoms with Gasteiger partial charge in [-0.05, 0) is 25.0 Å². The quantitative estimate of drug-likeness (QED) is 0.873. The van der Waals surface area contributed by atoms with Crippen LogP contribution >= 0.6 is 0 Å². The molecule has 5 heteroatoms. The molecule has 2 aromatic heterocycles. The van der Waals surface area contributed by atoms with Gasteiger partial charge in [0.2, 0.25) is 0 Å². The summed E-state index contributed by atoms with van der Waals surface area (Å²) < 4.78 is 12.7. The van der Waals surface area contributed by atoms with Crippen molar-refractivity contribution in [2.45, 2.75) is 25.9 Å². The van der Waals surface area contributed by atoms with E-state index in [4.69, 9.17) is 15.2 Å². The lowest BCUT2D eigenvalue weighted by Gasteiger charge is -2.12. The fourth-order valence-corrected chi connectivity index (χ4v) is 2.22. The van der Waals surface area contributed by atoms with Gasteiger partial charge >= 0.3 is 0 Å². The monoisotopic (exact) mass is 275 g/mol. The maximum Gasteiger partial charge on any atom is 0.184 e. The number of aromatic nitrogens is 2. The summed E-state index contributed by atoms with van der Waals surface area (Å²) in [5.74, 6) is 1.37. The van der Waals surface area contributed by atoms with Crippen LogP contribution in [-0.4, -0.2) is 29.8 Å². The Balaban J connectivity index is 2.19. The molecule has 0 fully saturated rings. The highest BCUT2D eigenvalue weighted by Crippen LogP contribution is 2.29. The second kappa shape index (κ2) is 6.43. The molecule has 2 rings (SSSR count). The van der Waals surface area contributed by atoms with Crippen molar-refractivity contribution in [3.05, 3.63) is 42.0 Å². The third-order valence-corrected chi connectivity index (χ3v) is 3.07. The fraction of sp³-hybridized carbons (Fsp3) is 0.400. The highest BCUT2D eigenvalue weighted by molar-refractivity contribution is 5.42. The first kappa shape index (κ1) is 14.4. The van der Waals surface area contributed by atoms with E-state index in [9.17, 15) is 0 Å². The molecule has 0 aliphatic rings. The lowest BCUT2D eigenvalue weighted by Crippen LogP contribution is -2.17. The van der Waals surface area contributed by atoms with Crippen molar-refractivity contribution in [3.8, 4) is 11.5 Å². The molecular formula is C15H21N3O2. The Morgan fingerprint density at radius 1 is 1.30 bits per heavy atom. The third kappa shape index (κ3) is 3.30. The van der Waals surface area contributed by atoms with E-state index in [2.05, 4.69) is 21.8 Å². The normalized spacial score (nSPS) is 12.2. The van der Waals surface area contributed by atoms with Crippen molar-refractivity contribution in [3.63, 3.8) is 0 Å². The summed E-state index contributed by atoms with van der Waals surface area (Å²) in [7, 11) is 3.25. The Morgan fingerprint density at radius 2 is 2.10 bits per heavy atom. The van der Waals surface area contributed by atoms with E-state index in [0.29, 0.717) is 18.0 Å². The number of hydrogen-bond donors (Lipinski definition) is 1. The van der Waals surface area contributed by atoms with Gasteiger partial charge in [0.05, 0.1) is 20.8 Å². The van der Waals surface area contributed by atoms with Crippen LogP contribution in [-0.2, 0) is 13.0 Å². The first-order valence-corrected chi connectivity index (χ1v) is 6.60. The van der Waals surface area contributed by atoms with Gasteiger partial charge in [-0.25, -0.2) is 0 Å². The molecule has 2 N–H and O–H groups in total. The van der Waals surface area contributed by atoms with Crippen LogP contribution in [0.25, 0.3) is 0 Å². The molecule has 108 valence electrons. The number of nitrogens with zero attached hydrogens (tertiary/aromatic N) is 2. The molecule has 2 aromatic rings. The second-order valence-corrected chi connectivity index (χ2v) is 4.87. The van der Waals surface area contributed by atoms with Gasteiger partial charge in [-0.15, -0.1) is 0 Å². The zero-order chi connectivity index (χ0) is 14.5. The first-order chi connectivity index (χ1) is 9.63. The standard InChI is InChI=1S/C15H21N3O2/c1-11(16)8-12-5-7-18(9-12)10-13-15(20-3)14(19-2)4-6-17-13/h4-7,9,11H,8,10,16H2,1-3H3. The molecule has 2 heterocycles.